The second-order valence-electron chi connectivity index (χ2n) is 3.36. The molecule has 0 aromatic rings. The van der Waals surface area contributed by atoms with Gasteiger partial charge < -0.3 is 16.2 Å². The van der Waals surface area contributed by atoms with Gasteiger partial charge in [0.15, 0.2) is 0 Å². The third-order valence-electron chi connectivity index (χ3n) is 1.82. The highest BCUT2D eigenvalue weighted by molar-refractivity contribution is 5.80. The number of carbonyl (C=O) groups excluding carboxylic acids is 1. The van der Waals surface area contributed by atoms with Crippen LogP contribution in [0.3, 0.4) is 0 Å². The van der Waals surface area contributed by atoms with Crippen LogP contribution >= 0.6 is 0 Å². The number of amides is 1. The maximum absolute atomic E-state index is 11.0. The predicted molar refractivity (Wildman–Crippen MR) is 47.6 cm³/mol. The SMILES string of the molecule is CCC(C)(O)CNC(=O)[C@H](C)N. The van der Waals surface area contributed by atoms with Gasteiger partial charge in [-0.25, -0.2) is 0 Å². The van der Waals surface area contributed by atoms with Gasteiger partial charge in [-0.15, -0.1) is 0 Å². The number of aliphatic hydroxyl groups is 1. The van der Waals surface area contributed by atoms with Crippen LogP contribution in [-0.4, -0.2) is 29.2 Å². The molecule has 0 aliphatic rings. The van der Waals surface area contributed by atoms with E-state index in [-0.39, 0.29) is 12.5 Å². The molecule has 2 atom stereocenters. The maximum atomic E-state index is 11.0. The van der Waals surface area contributed by atoms with E-state index in [1.54, 1.807) is 13.8 Å². The minimum absolute atomic E-state index is 0.233. The van der Waals surface area contributed by atoms with E-state index in [1.165, 1.54) is 0 Å². The molecule has 0 heterocycles. The fraction of sp³-hybridized carbons (Fsp3) is 0.875. The van der Waals surface area contributed by atoms with Gasteiger partial charge in [-0.05, 0) is 20.3 Å². The van der Waals surface area contributed by atoms with Crippen LogP contribution in [0.25, 0.3) is 0 Å². The first-order chi connectivity index (χ1) is 5.39. The van der Waals surface area contributed by atoms with Crippen LogP contribution in [-0.2, 0) is 4.79 Å². The van der Waals surface area contributed by atoms with Crippen LogP contribution in [0.1, 0.15) is 27.2 Å². The monoisotopic (exact) mass is 174 g/mol. The summed E-state index contributed by atoms with van der Waals surface area (Å²) in [6.07, 6.45) is 0.603. The third kappa shape index (κ3) is 4.31. The van der Waals surface area contributed by atoms with Gasteiger partial charge in [0.1, 0.15) is 0 Å². The predicted octanol–water partition coefficient (Wildman–Crippen LogP) is -0.389. The summed E-state index contributed by atoms with van der Waals surface area (Å²) in [5.74, 6) is -0.233. The normalized spacial score (nSPS) is 18.1. The van der Waals surface area contributed by atoms with Crippen molar-refractivity contribution < 1.29 is 9.90 Å². The number of hydrogen-bond acceptors (Lipinski definition) is 3. The highest BCUT2D eigenvalue weighted by Gasteiger charge is 2.19. The highest BCUT2D eigenvalue weighted by atomic mass is 16.3. The van der Waals surface area contributed by atoms with Crippen molar-refractivity contribution in [2.24, 2.45) is 5.73 Å². The third-order valence-corrected chi connectivity index (χ3v) is 1.82. The molecule has 0 spiro atoms. The van der Waals surface area contributed by atoms with Crippen molar-refractivity contribution in [1.29, 1.82) is 0 Å². The zero-order valence-electron chi connectivity index (χ0n) is 7.92. The molecule has 72 valence electrons. The second kappa shape index (κ2) is 4.42. The van der Waals surface area contributed by atoms with Crippen LogP contribution in [0.5, 0.6) is 0 Å². The minimum atomic E-state index is -0.829. The standard InChI is InChI=1S/C8H18N2O2/c1-4-8(3,12)5-10-7(11)6(2)9/h6,12H,4-5,9H2,1-3H3,(H,10,11)/t6-,8?/m0/s1. The molecule has 0 radical (unpaired) electrons. The Balaban J connectivity index is 3.76. The number of nitrogens with one attached hydrogen (secondary N) is 1. The van der Waals surface area contributed by atoms with E-state index in [0.29, 0.717) is 6.42 Å². The molecule has 4 heteroatoms. The quantitative estimate of drug-likeness (QED) is 0.543. The van der Waals surface area contributed by atoms with Gasteiger partial charge in [-0.3, -0.25) is 4.79 Å². The first-order valence-electron chi connectivity index (χ1n) is 4.14. The Morgan fingerprint density at radius 1 is 1.75 bits per heavy atom. The molecule has 1 amide bonds. The van der Waals surface area contributed by atoms with Crippen molar-refractivity contribution in [2.75, 3.05) is 6.54 Å². The second-order valence-corrected chi connectivity index (χ2v) is 3.36. The zero-order chi connectivity index (χ0) is 9.78. The number of hydrogen-bond donors (Lipinski definition) is 3. The summed E-state index contributed by atoms with van der Waals surface area (Å²) in [5.41, 5.74) is 4.48. The van der Waals surface area contributed by atoms with E-state index in [2.05, 4.69) is 5.32 Å². The van der Waals surface area contributed by atoms with Crippen molar-refractivity contribution in [2.45, 2.75) is 38.8 Å². The molecule has 0 rings (SSSR count). The van der Waals surface area contributed by atoms with Gasteiger partial charge >= 0.3 is 0 Å². The molecule has 1 unspecified atom stereocenters. The zero-order valence-corrected chi connectivity index (χ0v) is 7.92. The van der Waals surface area contributed by atoms with Gasteiger partial charge in [0.2, 0.25) is 5.91 Å². The molecule has 0 aromatic heterocycles. The largest absolute Gasteiger partial charge is 0.388 e. The molecule has 0 saturated heterocycles. The molecule has 0 aliphatic heterocycles. The van der Waals surface area contributed by atoms with E-state index < -0.39 is 11.6 Å². The smallest absolute Gasteiger partial charge is 0.236 e. The number of rotatable bonds is 4. The number of carbonyl (C=O) groups is 1. The van der Waals surface area contributed by atoms with Crippen molar-refractivity contribution in [3.8, 4) is 0 Å². The van der Waals surface area contributed by atoms with Gasteiger partial charge in [-0.1, -0.05) is 6.92 Å². The minimum Gasteiger partial charge on any atom is -0.388 e. The van der Waals surface area contributed by atoms with Gasteiger partial charge in [-0.2, -0.15) is 0 Å². The van der Waals surface area contributed by atoms with Crippen LogP contribution in [0.2, 0.25) is 0 Å². The lowest BCUT2D eigenvalue weighted by Gasteiger charge is -2.22. The summed E-state index contributed by atoms with van der Waals surface area (Å²) in [5, 5.41) is 12.1. The Kier molecular flexibility index (Phi) is 4.20. The molecule has 0 aromatic carbocycles. The van der Waals surface area contributed by atoms with Gasteiger partial charge in [0.25, 0.3) is 0 Å². The summed E-state index contributed by atoms with van der Waals surface area (Å²) in [4.78, 5) is 11.0. The lowest BCUT2D eigenvalue weighted by Crippen LogP contribution is -2.45. The molecule has 0 fully saturated rings. The number of nitrogens with two attached hydrogens (primary N) is 1. The Hall–Kier alpha value is -0.610. The van der Waals surface area contributed by atoms with E-state index in [9.17, 15) is 9.90 Å². The van der Waals surface area contributed by atoms with Crippen LogP contribution in [0.15, 0.2) is 0 Å². The Morgan fingerprint density at radius 2 is 2.25 bits per heavy atom. The van der Waals surface area contributed by atoms with Crippen LogP contribution in [0.4, 0.5) is 0 Å². The summed E-state index contributed by atoms with van der Waals surface area (Å²) >= 11 is 0. The summed E-state index contributed by atoms with van der Waals surface area (Å²) < 4.78 is 0. The fourth-order valence-corrected chi connectivity index (χ4v) is 0.564. The first kappa shape index (κ1) is 11.4. The van der Waals surface area contributed by atoms with Gasteiger partial charge in [0.05, 0.1) is 11.6 Å². The summed E-state index contributed by atoms with van der Waals surface area (Å²) in [6, 6.07) is -0.516. The van der Waals surface area contributed by atoms with E-state index >= 15 is 0 Å². The molecule has 4 nitrogen and oxygen atoms in total. The van der Waals surface area contributed by atoms with E-state index in [4.69, 9.17) is 5.73 Å². The van der Waals surface area contributed by atoms with E-state index in [0.717, 1.165) is 0 Å². The Labute approximate surface area is 73.1 Å². The van der Waals surface area contributed by atoms with Crippen molar-refractivity contribution in [1.82, 2.24) is 5.32 Å². The average molecular weight is 174 g/mol. The van der Waals surface area contributed by atoms with E-state index in [1.807, 2.05) is 6.92 Å². The molecular formula is C8H18N2O2. The highest BCUT2D eigenvalue weighted by Crippen LogP contribution is 2.05. The van der Waals surface area contributed by atoms with Crippen molar-refractivity contribution in [3.63, 3.8) is 0 Å². The molecule has 0 saturated carbocycles. The molecule has 0 aliphatic carbocycles. The van der Waals surface area contributed by atoms with Crippen molar-refractivity contribution >= 4 is 5.91 Å². The Bertz CT molecular complexity index is 155. The molecular weight excluding hydrogens is 156 g/mol. The molecule has 12 heavy (non-hydrogen) atoms. The maximum Gasteiger partial charge on any atom is 0.236 e. The first-order valence-corrected chi connectivity index (χ1v) is 4.14. The summed E-state index contributed by atoms with van der Waals surface area (Å²) in [6.45, 7) is 5.40. The molecule has 0 bridgehead atoms. The van der Waals surface area contributed by atoms with Gasteiger partial charge in [0, 0.05) is 6.54 Å². The Morgan fingerprint density at radius 3 is 2.58 bits per heavy atom. The molecule has 4 N–H and O–H groups in total. The lowest BCUT2D eigenvalue weighted by atomic mass is 10.0. The fourth-order valence-electron chi connectivity index (χ4n) is 0.564. The van der Waals surface area contributed by atoms with Crippen LogP contribution in [0, 0.1) is 0 Å². The lowest BCUT2D eigenvalue weighted by molar-refractivity contribution is -0.123. The van der Waals surface area contributed by atoms with Crippen LogP contribution < -0.4 is 11.1 Å². The van der Waals surface area contributed by atoms with Crippen molar-refractivity contribution in [3.05, 3.63) is 0 Å². The average Bonchev–Trinajstić information content (AvgIpc) is 2.00. The summed E-state index contributed by atoms with van der Waals surface area (Å²) in [7, 11) is 0. The topological polar surface area (TPSA) is 75.3 Å².